The number of nitrogens with one attached hydrogen (secondary N) is 1. The first-order valence-electron chi connectivity index (χ1n) is 11.6. The van der Waals surface area contributed by atoms with Crippen molar-refractivity contribution in [1.82, 2.24) is 14.9 Å². The van der Waals surface area contributed by atoms with E-state index in [1.807, 2.05) is 41.8 Å². The third-order valence-corrected chi connectivity index (χ3v) is 5.52. The summed E-state index contributed by atoms with van der Waals surface area (Å²) in [6.07, 6.45) is -3.76. The van der Waals surface area contributed by atoms with Crippen LogP contribution in [-0.4, -0.2) is 50.1 Å². The van der Waals surface area contributed by atoms with Crippen LogP contribution in [0.2, 0.25) is 0 Å². The molecule has 0 bridgehead atoms. The Kier molecular flexibility index (Phi) is 11.0. The van der Waals surface area contributed by atoms with Crippen LogP contribution in [0.25, 0.3) is 0 Å². The Morgan fingerprint density at radius 2 is 1.57 bits per heavy atom. The van der Waals surface area contributed by atoms with Gasteiger partial charge in [-0.1, -0.05) is 6.07 Å². The Bertz CT molecular complexity index is 1310. The fourth-order valence-electron chi connectivity index (χ4n) is 3.67. The number of carbonyl (C=O) groups is 2. The van der Waals surface area contributed by atoms with Gasteiger partial charge in [0, 0.05) is 30.2 Å². The largest absolute Gasteiger partial charge is 0.490 e. The second-order valence-electron chi connectivity index (χ2n) is 8.52. The quantitative estimate of drug-likeness (QED) is 0.386. The minimum Gasteiger partial charge on any atom is -0.475 e. The van der Waals surface area contributed by atoms with Crippen molar-refractivity contribution in [2.75, 3.05) is 0 Å². The molecule has 1 unspecified atom stereocenters. The van der Waals surface area contributed by atoms with Crippen LogP contribution in [0.15, 0.2) is 58.0 Å². The van der Waals surface area contributed by atoms with Crippen LogP contribution in [0.1, 0.15) is 34.8 Å². The number of carboxylic acids is 2. The minimum atomic E-state index is -5.08. The highest BCUT2D eigenvalue weighted by Crippen LogP contribution is 2.21. The van der Waals surface area contributed by atoms with Crippen molar-refractivity contribution < 1.29 is 50.6 Å². The van der Waals surface area contributed by atoms with Crippen molar-refractivity contribution in [3.05, 3.63) is 87.5 Å². The summed E-state index contributed by atoms with van der Waals surface area (Å²) >= 11 is 0. The number of aromatic nitrogens is 2. The standard InChI is InChI=1S/C21H23N3O2.2C2HF3O2/c1-15-2-5-19(26-15)13-23-18-4-6-20-17(12-18)3-7-21(25)24(20)14-16-8-10-22-11-9-16;2*3-2(4,5)1(6)7/h2-3,5,7-11,18,23H,4,6,12-14H2,1H3;2*(H,6,7). The number of halogens is 6. The van der Waals surface area contributed by atoms with E-state index in [0.717, 1.165) is 42.9 Å². The molecule has 40 heavy (non-hydrogen) atoms. The highest BCUT2D eigenvalue weighted by molar-refractivity contribution is 5.73. The summed E-state index contributed by atoms with van der Waals surface area (Å²) in [6, 6.07) is 12.0. The SMILES string of the molecule is Cc1ccc(CNC2CCc3c(ccc(=O)n3Cc3ccncc3)C2)o1.O=C(O)C(F)(F)F.O=C(O)C(F)(F)F. The van der Waals surface area contributed by atoms with Gasteiger partial charge in [0.25, 0.3) is 5.56 Å². The average molecular weight is 577 g/mol. The maximum atomic E-state index is 12.4. The summed E-state index contributed by atoms with van der Waals surface area (Å²) in [7, 11) is 0. The molecule has 0 aliphatic heterocycles. The van der Waals surface area contributed by atoms with E-state index in [-0.39, 0.29) is 5.56 Å². The number of furan rings is 1. The molecule has 15 heteroatoms. The van der Waals surface area contributed by atoms with Crippen LogP contribution < -0.4 is 10.9 Å². The molecule has 0 spiro atoms. The number of pyridine rings is 2. The number of aryl methyl sites for hydroxylation is 1. The van der Waals surface area contributed by atoms with Crippen molar-refractivity contribution in [3.63, 3.8) is 0 Å². The molecule has 1 aliphatic carbocycles. The summed E-state index contributed by atoms with van der Waals surface area (Å²) in [5.41, 5.74) is 3.60. The molecule has 0 saturated heterocycles. The third-order valence-electron chi connectivity index (χ3n) is 5.52. The number of fused-ring (bicyclic) bond motifs is 1. The van der Waals surface area contributed by atoms with Crippen molar-refractivity contribution in [1.29, 1.82) is 0 Å². The lowest BCUT2D eigenvalue weighted by molar-refractivity contribution is -0.193. The zero-order chi connectivity index (χ0) is 30.1. The molecule has 0 saturated carbocycles. The molecule has 3 heterocycles. The molecule has 9 nitrogen and oxygen atoms in total. The Balaban J connectivity index is 0.000000333. The molecule has 3 aromatic heterocycles. The Morgan fingerprint density at radius 3 is 2.08 bits per heavy atom. The molecular weight excluding hydrogens is 552 g/mol. The van der Waals surface area contributed by atoms with Crippen molar-refractivity contribution in [2.24, 2.45) is 0 Å². The number of carboxylic acid groups (broad SMARTS) is 2. The average Bonchev–Trinajstić information content (AvgIpc) is 3.29. The number of aliphatic carboxylic acids is 2. The maximum absolute atomic E-state index is 12.4. The van der Waals surface area contributed by atoms with E-state index in [2.05, 4.69) is 10.3 Å². The van der Waals surface area contributed by atoms with Gasteiger partial charge in [-0.25, -0.2) is 9.59 Å². The lowest BCUT2D eigenvalue weighted by atomic mass is 9.91. The molecule has 0 fully saturated rings. The number of nitrogens with zero attached hydrogens (tertiary/aromatic N) is 2. The lowest BCUT2D eigenvalue weighted by Crippen LogP contribution is -2.37. The van der Waals surface area contributed by atoms with E-state index in [1.165, 1.54) is 11.3 Å². The zero-order valence-corrected chi connectivity index (χ0v) is 20.9. The first kappa shape index (κ1) is 32.1. The van der Waals surface area contributed by atoms with Gasteiger partial charge in [-0.2, -0.15) is 26.3 Å². The normalized spacial score (nSPS) is 14.6. The minimum absolute atomic E-state index is 0.0676. The smallest absolute Gasteiger partial charge is 0.475 e. The molecule has 1 aliphatic rings. The second kappa shape index (κ2) is 13.8. The van der Waals surface area contributed by atoms with Gasteiger partial charge in [-0.3, -0.25) is 9.78 Å². The Labute approximate surface area is 223 Å². The van der Waals surface area contributed by atoms with Crippen LogP contribution in [0, 0.1) is 6.92 Å². The number of hydrogen-bond acceptors (Lipinski definition) is 6. The van der Waals surface area contributed by atoms with Gasteiger partial charge in [0.15, 0.2) is 0 Å². The predicted molar refractivity (Wildman–Crippen MR) is 128 cm³/mol. The predicted octanol–water partition coefficient (Wildman–Crippen LogP) is 4.11. The molecule has 3 aromatic rings. The van der Waals surface area contributed by atoms with Gasteiger partial charge in [0.05, 0.1) is 13.1 Å². The zero-order valence-electron chi connectivity index (χ0n) is 20.9. The first-order chi connectivity index (χ1) is 18.6. The number of alkyl halides is 6. The maximum Gasteiger partial charge on any atom is 0.490 e. The van der Waals surface area contributed by atoms with Gasteiger partial charge < -0.3 is 24.5 Å². The van der Waals surface area contributed by atoms with E-state index < -0.39 is 24.3 Å². The molecular formula is C25H25F6N3O6. The fourth-order valence-corrected chi connectivity index (χ4v) is 3.67. The van der Waals surface area contributed by atoms with Crippen LogP contribution in [0.4, 0.5) is 26.3 Å². The van der Waals surface area contributed by atoms with Crippen LogP contribution in [0.5, 0.6) is 0 Å². The van der Waals surface area contributed by atoms with Gasteiger partial charge in [0.2, 0.25) is 0 Å². The molecule has 0 amide bonds. The molecule has 4 rings (SSSR count). The van der Waals surface area contributed by atoms with Crippen molar-refractivity contribution >= 4 is 11.9 Å². The molecule has 218 valence electrons. The van der Waals surface area contributed by atoms with Gasteiger partial charge in [-0.05, 0) is 61.6 Å². The summed E-state index contributed by atoms with van der Waals surface area (Å²) in [5, 5.41) is 17.8. The van der Waals surface area contributed by atoms with Gasteiger partial charge in [0.1, 0.15) is 11.5 Å². The topological polar surface area (TPSA) is 135 Å². The summed E-state index contributed by atoms with van der Waals surface area (Å²) in [6.45, 7) is 3.31. The highest BCUT2D eigenvalue weighted by Gasteiger charge is 2.38. The second-order valence-corrected chi connectivity index (χ2v) is 8.52. The summed E-state index contributed by atoms with van der Waals surface area (Å²) < 4.78 is 71.0. The molecule has 1 atom stereocenters. The summed E-state index contributed by atoms with van der Waals surface area (Å²) in [4.78, 5) is 34.3. The monoisotopic (exact) mass is 577 g/mol. The number of rotatable bonds is 5. The van der Waals surface area contributed by atoms with E-state index in [4.69, 9.17) is 24.2 Å². The van der Waals surface area contributed by atoms with E-state index in [1.54, 1.807) is 18.5 Å². The Morgan fingerprint density at radius 1 is 1.00 bits per heavy atom. The van der Waals surface area contributed by atoms with Crippen LogP contribution >= 0.6 is 0 Å². The summed E-state index contributed by atoms with van der Waals surface area (Å²) in [5.74, 6) is -3.60. The Hall–Kier alpha value is -4.14. The van der Waals surface area contributed by atoms with Crippen LogP contribution in [0.3, 0.4) is 0 Å². The van der Waals surface area contributed by atoms with E-state index >= 15 is 0 Å². The number of hydrogen-bond donors (Lipinski definition) is 3. The molecule has 3 N–H and O–H groups in total. The van der Waals surface area contributed by atoms with Gasteiger partial charge in [-0.15, -0.1) is 0 Å². The van der Waals surface area contributed by atoms with E-state index in [0.29, 0.717) is 12.6 Å². The van der Waals surface area contributed by atoms with Gasteiger partial charge >= 0.3 is 24.3 Å². The molecule has 0 radical (unpaired) electrons. The van der Waals surface area contributed by atoms with Crippen molar-refractivity contribution in [3.8, 4) is 0 Å². The first-order valence-corrected chi connectivity index (χ1v) is 11.6. The fraction of sp³-hybridized carbons (Fsp3) is 0.360. The van der Waals surface area contributed by atoms with Crippen molar-refractivity contribution in [2.45, 2.75) is 57.7 Å². The molecule has 0 aromatic carbocycles. The van der Waals surface area contributed by atoms with E-state index in [9.17, 15) is 31.1 Å². The third kappa shape index (κ3) is 10.2. The lowest BCUT2D eigenvalue weighted by Gasteiger charge is -2.27. The van der Waals surface area contributed by atoms with Crippen LogP contribution in [-0.2, 0) is 35.5 Å². The highest BCUT2D eigenvalue weighted by atomic mass is 19.4.